The Morgan fingerprint density at radius 3 is 3.05 bits per heavy atom. The number of ether oxygens (including phenoxy) is 2. The van der Waals surface area contributed by atoms with Crippen molar-refractivity contribution in [3.63, 3.8) is 0 Å². The molecule has 1 atom stereocenters. The summed E-state index contributed by atoms with van der Waals surface area (Å²) in [5.41, 5.74) is 2.03. The molecule has 1 unspecified atom stereocenters. The molecule has 3 heteroatoms. The van der Waals surface area contributed by atoms with Gasteiger partial charge in [-0.15, -0.1) is 0 Å². The molecule has 1 aliphatic heterocycles. The monoisotopic (exact) mass is 260 g/mol. The van der Waals surface area contributed by atoms with Crippen LogP contribution in [0.25, 0.3) is 0 Å². The highest BCUT2D eigenvalue weighted by Crippen LogP contribution is 2.25. The lowest BCUT2D eigenvalue weighted by Gasteiger charge is -2.16. The van der Waals surface area contributed by atoms with E-state index in [0.29, 0.717) is 19.1 Å². The van der Waals surface area contributed by atoms with Crippen LogP contribution < -0.4 is 4.74 Å². The number of fused-ring (bicyclic) bond motifs is 1. The van der Waals surface area contributed by atoms with Crippen LogP contribution >= 0.6 is 0 Å². The Kier molecular flexibility index (Phi) is 3.83. The number of carbonyl (C=O) groups is 1. The number of ketones is 1. The highest BCUT2D eigenvalue weighted by Gasteiger charge is 2.18. The lowest BCUT2D eigenvalue weighted by molar-refractivity contribution is 0.0901. The smallest absolute Gasteiger partial charge is 0.163 e. The van der Waals surface area contributed by atoms with E-state index < -0.39 is 0 Å². The third-order valence-electron chi connectivity index (χ3n) is 3.96. The standard InChI is InChI=1S/C16H20O3/c17-16-5-1-3-12-6-7-14(11-15(12)16)19-10-8-13-4-2-9-18-13/h6-7,11,13H,1-5,8-10H2. The Morgan fingerprint density at radius 1 is 1.26 bits per heavy atom. The van der Waals surface area contributed by atoms with Crippen LogP contribution in [-0.4, -0.2) is 25.1 Å². The predicted molar refractivity (Wildman–Crippen MR) is 72.8 cm³/mol. The van der Waals surface area contributed by atoms with Crippen molar-refractivity contribution < 1.29 is 14.3 Å². The minimum absolute atomic E-state index is 0.255. The van der Waals surface area contributed by atoms with Gasteiger partial charge in [-0.1, -0.05) is 6.07 Å². The van der Waals surface area contributed by atoms with Gasteiger partial charge >= 0.3 is 0 Å². The van der Waals surface area contributed by atoms with Gasteiger partial charge in [-0.25, -0.2) is 0 Å². The van der Waals surface area contributed by atoms with E-state index in [4.69, 9.17) is 9.47 Å². The molecule has 0 spiro atoms. The van der Waals surface area contributed by atoms with E-state index in [1.54, 1.807) is 0 Å². The maximum Gasteiger partial charge on any atom is 0.163 e. The van der Waals surface area contributed by atoms with Crippen LogP contribution in [0, 0.1) is 0 Å². The summed E-state index contributed by atoms with van der Waals surface area (Å²) < 4.78 is 11.3. The minimum atomic E-state index is 0.255. The summed E-state index contributed by atoms with van der Waals surface area (Å²) in [6.07, 6.45) is 6.27. The molecule has 2 aliphatic rings. The molecule has 1 aliphatic carbocycles. The molecular weight excluding hydrogens is 240 g/mol. The van der Waals surface area contributed by atoms with Crippen LogP contribution in [0.1, 0.15) is 48.0 Å². The van der Waals surface area contributed by atoms with Crippen molar-refractivity contribution in [3.05, 3.63) is 29.3 Å². The first kappa shape index (κ1) is 12.7. The fourth-order valence-corrected chi connectivity index (χ4v) is 2.88. The van der Waals surface area contributed by atoms with E-state index in [1.807, 2.05) is 18.2 Å². The van der Waals surface area contributed by atoms with Crippen molar-refractivity contribution in [3.8, 4) is 5.75 Å². The van der Waals surface area contributed by atoms with E-state index in [2.05, 4.69) is 0 Å². The van der Waals surface area contributed by atoms with Gasteiger partial charge < -0.3 is 9.47 Å². The molecule has 19 heavy (non-hydrogen) atoms. The van der Waals surface area contributed by atoms with Crippen LogP contribution in [0.5, 0.6) is 5.75 Å². The van der Waals surface area contributed by atoms with Gasteiger partial charge in [-0.2, -0.15) is 0 Å². The molecule has 0 amide bonds. The van der Waals surface area contributed by atoms with Gasteiger partial charge in [-0.3, -0.25) is 4.79 Å². The average Bonchev–Trinajstić information content (AvgIpc) is 2.93. The van der Waals surface area contributed by atoms with Crippen molar-refractivity contribution in [2.75, 3.05) is 13.2 Å². The zero-order valence-electron chi connectivity index (χ0n) is 11.2. The molecule has 0 saturated carbocycles. The van der Waals surface area contributed by atoms with Crippen LogP contribution in [0.4, 0.5) is 0 Å². The van der Waals surface area contributed by atoms with Gasteiger partial charge in [0, 0.05) is 25.0 Å². The van der Waals surface area contributed by atoms with E-state index in [-0.39, 0.29) is 5.78 Å². The van der Waals surface area contributed by atoms with E-state index in [9.17, 15) is 4.79 Å². The molecule has 0 N–H and O–H groups in total. The van der Waals surface area contributed by atoms with Crippen LogP contribution in [0.2, 0.25) is 0 Å². The number of hydrogen-bond donors (Lipinski definition) is 0. The van der Waals surface area contributed by atoms with Crippen LogP contribution in [0.3, 0.4) is 0 Å². The first-order valence-corrected chi connectivity index (χ1v) is 7.23. The summed E-state index contributed by atoms with van der Waals surface area (Å²) in [7, 11) is 0. The topological polar surface area (TPSA) is 35.5 Å². The Morgan fingerprint density at radius 2 is 2.21 bits per heavy atom. The summed E-state index contributed by atoms with van der Waals surface area (Å²) >= 11 is 0. The Balaban J connectivity index is 1.58. The Hall–Kier alpha value is -1.35. The van der Waals surface area contributed by atoms with Crippen LogP contribution in [0.15, 0.2) is 18.2 Å². The third-order valence-corrected chi connectivity index (χ3v) is 3.96. The zero-order valence-corrected chi connectivity index (χ0v) is 11.2. The predicted octanol–water partition coefficient (Wildman–Crippen LogP) is 3.15. The number of Topliss-reactive ketones (excluding diaryl/α,β-unsaturated/α-hetero) is 1. The van der Waals surface area contributed by atoms with Crippen LogP contribution in [-0.2, 0) is 11.2 Å². The van der Waals surface area contributed by atoms with Gasteiger partial charge in [0.05, 0.1) is 12.7 Å². The van der Waals surface area contributed by atoms with Gasteiger partial charge in [0.2, 0.25) is 0 Å². The van der Waals surface area contributed by atoms with E-state index in [1.165, 1.54) is 5.56 Å². The maximum atomic E-state index is 11.8. The van der Waals surface area contributed by atoms with Gasteiger partial charge in [-0.05, 0) is 43.4 Å². The minimum Gasteiger partial charge on any atom is -0.493 e. The SMILES string of the molecule is O=C1CCCc2ccc(OCCC3CCCO3)cc21. The molecule has 102 valence electrons. The largest absolute Gasteiger partial charge is 0.493 e. The molecule has 1 aromatic rings. The first-order valence-electron chi connectivity index (χ1n) is 7.23. The summed E-state index contributed by atoms with van der Waals surface area (Å²) in [6, 6.07) is 5.92. The molecule has 1 saturated heterocycles. The summed E-state index contributed by atoms with van der Waals surface area (Å²) in [5.74, 6) is 1.07. The van der Waals surface area contributed by atoms with Crippen molar-refractivity contribution in [2.24, 2.45) is 0 Å². The molecular formula is C16H20O3. The Bertz CT molecular complexity index is 461. The van der Waals surface area contributed by atoms with Crippen molar-refractivity contribution in [1.29, 1.82) is 0 Å². The second-order valence-electron chi connectivity index (χ2n) is 5.37. The first-order chi connectivity index (χ1) is 9.33. The lowest BCUT2D eigenvalue weighted by Crippen LogP contribution is -2.13. The molecule has 0 radical (unpaired) electrons. The van der Waals surface area contributed by atoms with E-state index in [0.717, 1.165) is 50.0 Å². The Labute approximate surface area is 113 Å². The molecule has 1 aromatic carbocycles. The van der Waals surface area contributed by atoms with Crippen molar-refractivity contribution >= 4 is 5.78 Å². The van der Waals surface area contributed by atoms with E-state index >= 15 is 0 Å². The number of aryl methyl sites for hydroxylation is 1. The molecule has 3 rings (SSSR count). The zero-order chi connectivity index (χ0) is 13.1. The molecule has 3 nitrogen and oxygen atoms in total. The molecule has 1 fully saturated rings. The second kappa shape index (κ2) is 5.74. The molecule has 1 heterocycles. The lowest BCUT2D eigenvalue weighted by atomic mass is 9.90. The fourth-order valence-electron chi connectivity index (χ4n) is 2.88. The number of rotatable bonds is 4. The second-order valence-corrected chi connectivity index (χ2v) is 5.37. The number of carbonyl (C=O) groups excluding carboxylic acids is 1. The molecule has 0 aromatic heterocycles. The number of benzene rings is 1. The van der Waals surface area contributed by atoms with Crippen molar-refractivity contribution in [2.45, 2.75) is 44.6 Å². The summed E-state index contributed by atoms with van der Waals surface area (Å²) in [6.45, 7) is 1.55. The quantitative estimate of drug-likeness (QED) is 0.834. The summed E-state index contributed by atoms with van der Waals surface area (Å²) in [5, 5.41) is 0. The average molecular weight is 260 g/mol. The maximum absolute atomic E-state index is 11.8. The molecule has 0 bridgehead atoms. The third kappa shape index (κ3) is 2.98. The highest BCUT2D eigenvalue weighted by atomic mass is 16.5. The van der Waals surface area contributed by atoms with Crippen molar-refractivity contribution in [1.82, 2.24) is 0 Å². The highest BCUT2D eigenvalue weighted by molar-refractivity contribution is 5.98. The van der Waals surface area contributed by atoms with Gasteiger partial charge in [0.15, 0.2) is 5.78 Å². The normalized spacial score (nSPS) is 22.3. The number of hydrogen-bond acceptors (Lipinski definition) is 3. The van der Waals surface area contributed by atoms with Gasteiger partial charge in [0.25, 0.3) is 0 Å². The summed E-state index contributed by atoms with van der Waals surface area (Å²) in [4.78, 5) is 11.8. The fraction of sp³-hybridized carbons (Fsp3) is 0.562. The van der Waals surface area contributed by atoms with Gasteiger partial charge in [0.1, 0.15) is 5.75 Å².